The van der Waals surface area contributed by atoms with Gasteiger partial charge in [0, 0.05) is 24.9 Å². The summed E-state index contributed by atoms with van der Waals surface area (Å²) >= 11 is 0. The first-order valence-electron chi connectivity index (χ1n) is 7.18. The van der Waals surface area contributed by atoms with Crippen LogP contribution < -0.4 is 4.90 Å². The predicted octanol–water partition coefficient (Wildman–Crippen LogP) is 3.53. The molecule has 4 nitrogen and oxygen atoms in total. The lowest BCUT2D eigenvalue weighted by Gasteiger charge is -2.22. The van der Waals surface area contributed by atoms with E-state index in [-0.39, 0.29) is 24.7 Å². The van der Waals surface area contributed by atoms with Crippen molar-refractivity contribution in [2.75, 3.05) is 18.6 Å². The Labute approximate surface area is 134 Å². The number of anilines is 1. The minimum Gasteiger partial charge on any atom is -0.380 e. The standard InChI is InChI=1S/C18H17FN2O2/c1-23-13-14-4-2-5-15(12-14)18(22)21(11-3-10-20)17-8-6-16(19)7-9-17/h2,4-9,12H,3,11,13H2,1H3. The molecule has 0 heterocycles. The molecule has 0 N–H and O–H groups in total. The lowest BCUT2D eigenvalue weighted by molar-refractivity contribution is 0.0987. The molecule has 0 bridgehead atoms. The second-order valence-electron chi connectivity index (χ2n) is 4.97. The molecule has 0 saturated carbocycles. The van der Waals surface area contributed by atoms with Crippen LogP contribution in [-0.4, -0.2) is 19.6 Å². The average molecular weight is 312 g/mol. The number of benzene rings is 2. The molecule has 0 unspecified atom stereocenters. The van der Waals surface area contributed by atoms with Crippen molar-refractivity contribution in [3.63, 3.8) is 0 Å². The molecule has 0 fully saturated rings. The SMILES string of the molecule is COCc1cccc(C(=O)N(CCC#N)c2ccc(F)cc2)c1. The van der Waals surface area contributed by atoms with Crippen molar-refractivity contribution < 1.29 is 13.9 Å². The van der Waals surface area contributed by atoms with Crippen molar-refractivity contribution in [3.8, 4) is 6.07 Å². The lowest BCUT2D eigenvalue weighted by Crippen LogP contribution is -2.31. The van der Waals surface area contributed by atoms with E-state index in [0.717, 1.165) is 5.56 Å². The molecule has 118 valence electrons. The summed E-state index contributed by atoms with van der Waals surface area (Å²) in [6.45, 7) is 0.658. The summed E-state index contributed by atoms with van der Waals surface area (Å²) in [6.07, 6.45) is 0.195. The van der Waals surface area contributed by atoms with Crippen LogP contribution >= 0.6 is 0 Å². The molecule has 2 rings (SSSR count). The third kappa shape index (κ3) is 4.38. The van der Waals surface area contributed by atoms with Crippen LogP contribution in [-0.2, 0) is 11.3 Å². The Hall–Kier alpha value is -2.71. The van der Waals surface area contributed by atoms with Crippen molar-refractivity contribution in [1.82, 2.24) is 0 Å². The van der Waals surface area contributed by atoms with Crippen LogP contribution in [0.4, 0.5) is 10.1 Å². The molecule has 0 aliphatic heterocycles. The maximum atomic E-state index is 13.1. The predicted molar refractivity (Wildman–Crippen MR) is 85.5 cm³/mol. The molecule has 0 radical (unpaired) electrons. The van der Waals surface area contributed by atoms with Gasteiger partial charge in [-0.3, -0.25) is 4.79 Å². The number of carbonyl (C=O) groups is 1. The summed E-state index contributed by atoms with van der Waals surface area (Å²) in [5, 5.41) is 8.81. The molecule has 0 aromatic heterocycles. The van der Waals surface area contributed by atoms with Gasteiger partial charge in [-0.15, -0.1) is 0 Å². The van der Waals surface area contributed by atoms with Crippen LogP contribution in [0.25, 0.3) is 0 Å². The molecule has 2 aromatic carbocycles. The zero-order valence-electron chi connectivity index (χ0n) is 12.8. The van der Waals surface area contributed by atoms with Gasteiger partial charge in [0.15, 0.2) is 0 Å². The van der Waals surface area contributed by atoms with Crippen LogP contribution in [0.15, 0.2) is 48.5 Å². The number of hydrogen-bond acceptors (Lipinski definition) is 3. The van der Waals surface area contributed by atoms with Crippen molar-refractivity contribution in [2.24, 2.45) is 0 Å². The summed E-state index contributed by atoms with van der Waals surface area (Å²) in [4.78, 5) is 14.3. The number of ether oxygens (including phenoxy) is 1. The molecule has 0 spiro atoms. The maximum absolute atomic E-state index is 13.1. The third-order valence-corrected chi connectivity index (χ3v) is 3.32. The second-order valence-corrected chi connectivity index (χ2v) is 4.97. The Kier molecular flexibility index (Phi) is 5.84. The van der Waals surface area contributed by atoms with E-state index >= 15 is 0 Å². The molecular formula is C18H17FN2O2. The van der Waals surface area contributed by atoms with E-state index in [1.165, 1.54) is 29.2 Å². The van der Waals surface area contributed by atoms with E-state index in [1.807, 2.05) is 12.1 Å². The molecular weight excluding hydrogens is 295 g/mol. The van der Waals surface area contributed by atoms with E-state index < -0.39 is 0 Å². The Morgan fingerprint density at radius 3 is 2.65 bits per heavy atom. The van der Waals surface area contributed by atoms with Crippen LogP contribution in [0.1, 0.15) is 22.3 Å². The van der Waals surface area contributed by atoms with Crippen molar-refractivity contribution in [2.45, 2.75) is 13.0 Å². The summed E-state index contributed by atoms with van der Waals surface area (Å²) in [7, 11) is 1.59. The monoisotopic (exact) mass is 312 g/mol. The molecule has 23 heavy (non-hydrogen) atoms. The second kappa shape index (κ2) is 8.06. The topological polar surface area (TPSA) is 53.3 Å². The Balaban J connectivity index is 2.31. The highest BCUT2D eigenvalue weighted by molar-refractivity contribution is 6.06. The van der Waals surface area contributed by atoms with Crippen LogP contribution in [0.3, 0.4) is 0 Å². The fourth-order valence-corrected chi connectivity index (χ4v) is 2.25. The lowest BCUT2D eigenvalue weighted by atomic mass is 10.1. The summed E-state index contributed by atoms with van der Waals surface area (Å²) in [5.41, 5.74) is 1.95. The maximum Gasteiger partial charge on any atom is 0.258 e. The largest absolute Gasteiger partial charge is 0.380 e. The van der Waals surface area contributed by atoms with E-state index in [2.05, 4.69) is 0 Å². The van der Waals surface area contributed by atoms with Crippen molar-refractivity contribution >= 4 is 11.6 Å². The quantitative estimate of drug-likeness (QED) is 0.820. The molecule has 0 aliphatic rings. The highest BCUT2D eigenvalue weighted by Gasteiger charge is 2.18. The number of hydrogen-bond donors (Lipinski definition) is 0. The Morgan fingerprint density at radius 2 is 2.00 bits per heavy atom. The van der Waals surface area contributed by atoms with E-state index in [1.54, 1.807) is 25.3 Å². The van der Waals surface area contributed by atoms with Gasteiger partial charge < -0.3 is 9.64 Å². The number of amides is 1. The van der Waals surface area contributed by atoms with Gasteiger partial charge in [-0.25, -0.2) is 4.39 Å². The molecule has 5 heteroatoms. The summed E-state index contributed by atoms with van der Waals surface area (Å²) in [6, 6.07) is 14.8. The first-order valence-corrected chi connectivity index (χ1v) is 7.18. The molecule has 1 amide bonds. The third-order valence-electron chi connectivity index (χ3n) is 3.32. The van der Waals surface area contributed by atoms with Crippen molar-refractivity contribution in [1.29, 1.82) is 5.26 Å². The molecule has 0 aliphatic carbocycles. The van der Waals surface area contributed by atoms with Gasteiger partial charge in [0.1, 0.15) is 5.82 Å². The van der Waals surface area contributed by atoms with E-state index in [0.29, 0.717) is 17.9 Å². The van der Waals surface area contributed by atoms with E-state index in [9.17, 15) is 9.18 Å². The fraction of sp³-hybridized carbons (Fsp3) is 0.222. The van der Waals surface area contributed by atoms with Gasteiger partial charge in [-0.2, -0.15) is 5.26 Å². The first-order chi connectivity index (χ1) is 11.2. The van der Waals surface area contributed by atoms with Gasteiger partial charge >= 0.3 is 0 Å². The fourth-order valence-electron chi connectivity index (χ4n) is 2.25. The van der Waals surface area contributed by atoms with Gasteiger partial charge in [0.05, 0.1) is 19.1 Å². The number of carbonyl (C=O) groups excluding carboxylic acids is 1. The molecule has 2 aromatic rings. The van der Waals surface area contributed by atoms with Crippen LogP contribution in [0.5, 0.6) is 0 Å². The summed E-state index contributed by atoms with van der Waals surface area (Å²) < 4.78 is 18.2. The Bertz CT molecular complexity index is 708. The van der Waals surface area contributed by atoms with Gasteiger partial charge in [-0.05, 0) is 42.0 Å². The number of nitriles is 1. The number of rotatable bonds is 6. The van der Waals surface area contributed by atoms with Gasteiger partial charge in [0.25, 0.3) is 5.91 Å². The minimum atomic E-state index is -0.372. The number of methoxy groups -OCH3 is 1. The molecule has 0 atom stereocenters. The van der Waals surface area contributed by atoms with Gasteiger partial charge in [0.2, 0.25) is 0 Å². The Morgan fingerprint density at radius 1 is 1.26 bits per heavy atom. The van der Waals surface area contributed by atoms with Gasteiger partial charge in [-0.1, -0.05) is 12.1 Å². The highest BCUT2D eigenvalue weighted by Crippen LogP contribution is 2.19. The number of halogens is 1. The average Bonchev–Trinajstić information content (AvgIpc) is 2.57. The zero-order chi connectivity index (χ0) is 16.7. The smallest absolute Gasteiger partial charge is 0.258 e. The first kappa shape index (κ1) is 16.7. The van der Waals surface area contributed by atoms with E-state index in [4.69, 9.17) is 10.00 Å². The zero-order valence-corrected chi connectivity index (χ0v) is 12.8. The van der Waals surface area contributed by atoms with Crippen molar-refractivity contribution in [3.05, 3.63) is 65.5 Å². The highest BCUT2D eigenvalue weighted by atomic mass is 19.1. The summed E-state index contributed by atoms with van der Waals surface area (Å²) in [5.74, 6) is -0.603. The number of nitrogens with zero attached hydrogens (tertiary/aromatic N) is 2. The minimum absolute atomic E-state index is 0.195. The van der Waals surface area contributed by atoms with Crippen LogP contribution in [0.2, 0.25) is 0 Å². The molecule has 0 saturated heterocycles. The normalized spacial score (nSPS) is 10.1. The van der Waals surface area contributed by atoms with Crippen LogP contribution in [0, 0.1) is 17.1 Å².